The molecular weight excluding hydrogens is 444 g/mol. The van der Waals surface area contributed by atoms with Crippen LogP contribution in [0, 0.1) is 35.5 Å². The molecule has 0 radical (unpaired) electrons. The van der Waals surface area contributed by atoms with Gasteiger partial charge in [-0.15, -0.1) is 0 Å². The number of benzene rings is 2. The Morgan fingerprint density at radius 2 is 0.914 bits per heavy atom. The van der Waals surface area contributed by atoms with Gasteiger partial charge in [-0.25, -0.2) is 4.90 Å². The number of carbonyl (C=O) groups excluding carboxylic acids is 4. The Bertz CT molecular complexity index is 1300. The van der Waals surface area contributed by atoms with Crippen LogP contribution in [0.5, 0.6) is 0 Å². The number of carbonyl (C=O) groups is 4. The number of amides is 4. The Balaban J connectivity index is 1.19. The Hall–Kier alpha value is -3.58. The summed E-state index contributed by atoms with van der Waals surface area (Å²) in [6, 6.07) is 18.1. The van der Waals surface area contributed by atoms with Crippen molar-refractivity contribution in [3.63, 3.8) is 0 Å². The summed E-state index contributed by atoms with van der Waals surface area (Å²) in [5, 5.41) is 0. The molecule has 7 heteroatoms. The van der Waals surface area contributed by atoms with E-state index in [2.05, 4.69) is 0 Å². The van der Waals surface area contributed by atoms with Crippen molar-refractivity contribution in [1.82, 2.24) is 0 Å². The molecule has 0 aromatic heterocycles. The Morgan fingerprint density at radius 3 is 1.31 bits per heavy atom. The fraction of sp³-hybridized carbons (Fsp3) is 0.357. The average molecular weight is 466 g/mol. The van der Waals surface area contributed by atoms with Crippen LogP contribution >= 0.6 is 0 Å². The molecule has 3 aliphatic carbocycles. The first-order chi connectivity index (χ1) is 17.1. The number of anilines is 2. The molecular formula is C28H22N2O5. The van der Waals surface area contributed by atoms with E-state index in [1.807, 2.05) is 36.4 Å². The molecule has 4 amide bonds. The third-order valence-corrected chi connectivity index (χ3v) is 9.17. The van der Waals surface area contributed by atoms with Gasteiger partial charge in [-0.3, -0.25) is 24.1 Å². The van der Waals surface area contributed by atoms with E-state index in [0.717, 1.165) is 24.0 Å². The summed E-state index contributed by atoms with van der Waals surface area (Å²) in [5.41, 5.74) is 3.27. The minimum Gasteiger partial charge on any atom is -0.365 e. The molecule has 2 aromatic rings. The predicted molar refractivity (Wildman–Crippen MR) is 124 cm³/mol. The van der Waals surface area contributed by atoms with Crippen molar-refractivity contribution >= 4 is 35.0 Å². The van der Waals surface area contributed by atoms with E-state index in [0.29, 0.717) is 11.4 Å². The molecule has 4 fully saturated rings. The fourth-order valence-corrected chi connectivity index (χ4v) is 8.03. The van der Waals surface area contributed by atoms with E-state index >= 15 is 0 Å². The van der Waals surface area contributed by atoms with Crippen LogP contribution in [0.1, 0.15) is 12.8 Å². The summed E-state index contributed by atoms with van der Waals surface area (Å²) in [4.78, 5) is 57.0. The zero-order valence-corrected chi connectivity index (χ0v) is 18.7. The fourth-order valence-electron chi connectivity index (χ4n) is 8.03. The standard InChI is InChI=1S/C28H22N2O5/c31-25-19-15-11-12-16(20(19)26(32)29(25)13-7-3-1-4-8-13)18-17(15)23-21-22(24(18)35-23)28(34)30(27(21)33)14-9-5-2-6-10-14/h1-10,15-16,19-24H,11-12H2/t15-,16+,19+,20-,21+,22-,23-,24+. The maximum absolute atomic E-state index is 13.6. The molecule has 174 valence electrons. The van der Waals surface area contributed by atoms with Crippen LogP contribution in [0.3, 0.4) is 0 Å². The topological polar surface area (TPSA) is 84.0 Å². The summed E-state index contributed by atoms with van der Waals surface area (Å²) >= 11 is 0. The lowest BCUT2D eigenvalue weighted by Crippen LogP contribution is -2.49. The molecule has 2 aromatic carbocycles. The third-order valence-electron chi connectivity index (χ3n) is 9.17. The second kappa shape index (κ2) is 6.55. The summed E-state index contributed by atoms with van der Waals surface area (Å²) in [6.45, 7) is 0. The first kappa shape index (κ1) is 19.7. The normalized spacial score (nSPS) is 38.5. The van der Waals surface area contributed by atoms with Crippen molar-refractivity contribution in [3.8, 4) is 0 Å². The van der Waals surface area contributed by atoms with E-state index < -0.39 is 35.9 Å². The van der Waals surface area contributed by atoms with E-state index in [4.69, 9.17) is 4.74 Å². The average Bonchev–Trinajstić information content (AvgIpc) is 3.61. The number of hydrogen-bond acceptors (Lipinski definition) is 5. The lowest BCUT2D eigenvalue weighted by molar-refractivity contribution is -0.125. The lowest BCUT2D eigenvalue weighted by atomic mass is 9.53. The predicted octanol–water partition coefficient (Wildman–Crippen LogP) is 2.72. The molecule has 1 saturated carbocycles. The highest BCUT2D eigenvalue weighted by Crippen LogP contribution is 2.65. The Labute approximate surface area is 201 Å². The Morgan fingerprint density at radius 1 is 0.543 bits per heavy atom. The molecule has 7 aliphatic rings. The first-order valence-corrected chi connectivity index (χ1v) is 12.3. The number of fused-ring (bicyclic) bond motifs is 6. The van der Waals surface area contributed by atoms with Gasteiger partial charge < -0.3 is 4.74 Å². The number of nitrogens with zero attached hydrogens (tertiary/aromatic N) is 2. The van der Waals surface area contributed by atoms with E-state index in [9.17, 15) is 19.2 Å². The molecule has 0 N–H and O–H groups in total. The smallest absolute Gasteiger partial charge is 0.240 e. The van der Waals surface area contributed by atoms with Crippen LogP contribution in [0.4, 0.5) is 11.4 Å². The van der Waals surface area contributed by atoms with Crippen molar-refractivity contribution in [3.05, 3.63) is 71.8 Å². The van der Waals surface area contributed by atoms with Crippen molar-refractivity contribution in [2.24, 2.45) is 35.5 Å². The van der Waals surface area contributed by atoms with Crippen LogP contribution < -0.4 is 9.80 Å². The SMILES string of the molecule is O=C1[C@@H]2[C@H](C(=O)N1c1ccccc1)[C@H]1CC[C@@H]2C2=C1[C@@H]1O[C@H]2[C@H]2C(=O)N(c3ccccc3)C(=O)[C@H]21. The monoisotopic (exact) mass is 466 g/mol. The van der Waals surface area contributed by atoms with Gasteiger partial charge in [0.05, 0.1) is 47.3 Å². The van der Waals surface area contributed by atoms with Gasteiger partial charge in [0.2, 0.25) is 23.6 Å². The maximum atomic E-state index is 13.6. The highest BCUT2D eigenvalue weighted by molar-refractivity contribution is 6.24. The Kier molecular flexibility index (Phi) is 3.68. The quantitative estimate of drug-likeness (QED) is 0.502. The highest BCUT2D eigenvalue weighted by Gasteiger charge is 2.72. The van der Waals surface area contributed by atoms with Gasteiger partial charge in [0.25, 0.3) is 0 Å². The molecule has 0 unspecified atom stereocenters. The largest absolute Gasteiger partial charge is 0.365 e. The van der Waals surface area contributed by atoms with E-state index in [1.54, 1.807) is 24.3 Å². The summed E-state index contributed by atoms with van der Waals surface area (Å²) in [6.07, 6.45) is 0.655. The molecule has 4 bridgehead atoms. The van der Waals surface area contributed by atoms with Gasteiger partial charge in [-0.1, -0.05) is 36.4 Å². The highest BCUT2D eigenvalue weighted by atomic mass is 16.5. The van der Waals surface area contributed by atoms with Gasteiger partial charge in [-0.05, 0) is 60.1 Å². The molecule has 9 rings (SSSR count). The zero-order valence-electron chi connectivity index (χ0n) is 18.7. The molecule has 4 heterocycles. The van der Waals surface area contributed by atoms with Crippen molar-refractivity contribution in [2.45, 2.75) is 25.0 Å². The number of para-hydroxylation sites is 2. The van der Waals surface area contributed by atoms with Crippen molar-refractivity contribution in [2.75, 3.05) is 9.80 Å². The van der Waals surface area contributed by atoms with E-state index in [-0.39, 0.29) is 35.5 Å². The van der Waals surface area contributed by atoms with Crippen LogP contribution in [-0.2, 0) is 23.9 Å². The first-order valence-electron chi connectivity index (χ1n) is 12.3. The van der Waals surface area contributed by atoms with Gasteiger partial charge in [0, 0.05) is 0 Å². The van der Waals surface area contributed by atoms with Gasteiger partial charge in [-0.2, -0.15) is 0 Å². The molecule has 0 spiro atoms. The second-order valence-corrected chi connectivity index (χ2v) is 10.5. The molecule has 3 saturated heterocycles. The minimum atomic E-state index is -0.554. The van der Waals surface area contributed by atoms with Crippen molar-refractivity contribution in [1.29, 1.82) is 0 Å². The summed E-state index contributed by atoms with van der Waals surface area (Å²) in [7, 11) is 0. The molecule has 4 aliphatic heterocycles. The van der Waals surface area contributed by atoms with Crippen LogP contribution in [0.25, 0.3) is 0 Å². The van der Waals surface area contributed by atoms with Crippen LogP contribution in [0.2, 0.25) is 0 Å². The molecule has 8 atom stereocenters. The summed E-state index contributed by atoms with van der Waals surface area (Å²) in [5.74, 6) is -2.91. The zero-order chi connectivity index (χ0) is 23.6. The third kappa shape index (κ3) is 2.21. The van der Waals surface area contributed by atoms with Crippen LogP contribution in [-0.4, -0.2) is 35.8 Å². The van der Waals surface area contributed by atoms with Gasteiger partial charge in [0.1, 0.15) is 0 Å². The molecule has 35 heavy (non-hydrogen) atoms. The maximum Gasteiger partial charge on any atom is 0.240 e. The van der Waals surface area contributed by atoms with Gasteiger partial charge >= 0.3 is 0 Å². The number of rotatable bonds is 2. The summed E-state index contributed by atoms with van der Waals surface area (Å²) < 4.78 is 6.36. The van der Waals surface area contributed by atoms with Gasteiger partial charge in [0.15, 0.2) is 0 Å². The number of ether oxygens (including phenoxy) is 1. The minimum absolute atomic E-state index is 0.116. The van der Waals surface area contributed by atoms with Crippen LogP contribution in [0.15, 0.2) is 71.8 Å². The molecule has 7 nitrogen and oxygen atoms in total. The number of hydrogen-bond donors (Lipinski definition) is 0. The second-order valence-electron chi connectivity index (χ2n) is 10.5. The number of imide groups is 2. The van der Waals surface area contributed by atoms with Crippen molar-refractivity contribution < 1.29 is 23.9 Å². The van der Waals surface area contributed by atoms with E-state index in [1.165, 1.54) is 9.80 Å². The lowest BCUT2D eigenvalue weighted by Gasteiger charge is -2.47.